The van der Waals surface area contributed by atoms with Crippen LogP contribution in [-0.4, -0.2) is 20.9 Å². The quantitative estimate of drug-likeness (QED) is 0.736. The van der Waals surface area contributed by atoms with E-state index in [1.54, 1.807) is 41.3 Å². The first-order chi connectivity index (χ1) is 13.0. The molecule has 0 fully saturated rings. The van der Waals surface area contributed by atoms with Gasteiger partial charge in [0.2, 0.25) is 10.0 Å². The molecule has 27 heavy (non-hydrogen) atoms. The van der Waals surface area contributed by atoms with Crippen molar-refractivity contribution in [2.45, 2.75) is 17.9 Å². The maximum Gasteiger partial charge on any atom is 0.258 e. The number of hydrogen-bond donors (Lipinski definition) is 1. The van der Waals surface area contributed by atoms with Crippen molar-refractivity contribution in [3.8, 4) is 0 Å². The van der Waals surface area contributed by atoms with E-state index in [0.717, 1.165) is 11.3 Å². The largest absolute Gasteiger partial charge is 0.468 e. The summed E-state index contributed by atoms with van der Waals surface area (Å²) in [6.07, 6.45) is 2.12. The van der Waals surface area contributed by atoms with E-state index >= 15 is 0 Å². The summed E-state index contributed by atoms with van der Waals surface area (Å²) in [7, 11) is -3.66. The van der Waals surface area contributed by atoms with E-state index in [-0.39, 0.29) is 17.3 Å². The number of hydrogen-bond acceptors (Lipinski definition) is 4. The minimum Gasteiger partial charge on any atom is -0.468 e. The van der Waals surface area contributed by atoms with Crippen LogP contribution in [0.2, 0.25) is 0 Å². The molecule has 0 saturated heterocycles. The van der Waals surface area contributed by atoms with Gasteiger partial charge in [0.05, 0.1) is 17.7 Å². The highest BCUT2D eigenvalue weighted by molar-refractivity contribution is 7.89. The Bertz CT molecular complexity index is 1060. The van der Waals surface area contributed by atoms with Crippen LogP contribution in [0.4, 0.5) is 5.69 Å². The van der Waals surface area contributed by atoms with E-state index in [2.05, 4.69) is 4.72 Å². The van der Waals surface area contributed by atoms with Crippen molar-refractivity contribution < 1.29 is 17.6 Å². The maximum atomic E-state index is 12.7. The third-order valence-corrected chi connectivity index (χ3v) is 5.94. The summed E-state index contributed by atoms with van der Waals surface area (Å²) >= 11 is 0. The van der Waals surface area contributed by atoms with E-state index in [1.807, 2.05) is 18.2 Å². The Morgan fingerprint density at radius 1 is 1.07 bits per heavy atom. The highest BCUT2D eigenvalue weighted by atomic mass is 32.2. The number of sulfonamides is 1. The summed E-state index contributed by atoms with van der Waals surface area (Å²) in [6.45, 7) is 0.622. The van der Waals surface area contributed by atoms with Gasteiger partial charge in [0.1, 0.15) is 5.76 Å². The highest BCUT2D eigenvalue weighted by Gasteiger charge is 2.27. The maximum absolute atomic E-state index is 12.7. The zero-order chi connectivity index (χ0) is 18.9. The molecule has 0 atom stereocenters. The lowest BCUT2D eigenvalue weighted by Gasteiger charge is -2.17. The van der Waals surface area contributed by atoms with Gasteiger partial charge in [-0.25, -0.2) is 13.1 Å². The zero-order valence-electron chi connectivity index (χ0n) is 14.5. The van der Waals surface area contributed by atoms with Gasteiger partial charge in [0.15, 0.2) is 0 Å². The van der Waals surface area contributed by atoms with Crippen LogP contribution in [0, 0.1) is 0 Å². The fourth-order valence-electron chi connectivity index (χ4n) is 3.16. The lowest BCUT2D eigenvalue weighted by Crippen LogP contribution is -2.28. The van der Waals surface area contributed by atoms with Gasteiger partial charge in [0, 0.05) is 17.8 Å². The van der Waals surface area contributed by atoms with Crippen LogP contribution in [0.15, 0.2) is 76.2 Å². The Labute approximate surface area is 157 Å². The third-order valence-electron chi connectivity index (χ3n) is 4.54. The Hall–Kier alpha value is -2.90. The number of carbonyl (C=O) groups excluding carboxylic acids is 1. The van der Waals surface area contributed by atoms with Crippen LogP contribution in [0.1, 0.15) is 21.7 Å². The minimum atomic E-state index is -3.66. The van der Waals surface area contributed by atoms with Gasteiger partial charge in [-0.2, -0.15) is 0 Å². The number of benzene rings is 2. The molecule has 2 aromatic carbocycles. The molecule has 1 aromatic heterocycles. The molecule has 138 valence electrons. The SMILES string of the molecule is O=C(c1ccccc1)N1CCc2cc(S(=O)(=O)NCc3ccco3)ccc21. The van der Waals surface area contributed by atoms with E-state index in [4.69, 9.17) is 4.42 Å². The van der Waals surface area contributed by atoms with Crippen molar-refractivity contribution in [2.24, 2.45) is 0 Å². The number of furan rings is 1. The Kier molecular flexibility index (Phi) is 4.55. The topological polar surface area (TPSA) is 79.6 Å². The first-order valence-corrected chi connectivity index (χ1v) is 10.0. The van der Waals surface area contributed by atoms with Gasteiger partial charge < -0.3 is 9.32 Å². The number of nitrogens with zero attached hydrogens (tertiary/aromatic N) is 1. The molecule has 0 spiro atoms. The second-order valence-corrected chi connectivity index (χ2v) is 8.03. The van der Waals surface area contributed by atoms with Crippen LogP contribution in [-0.2, 0) is 23.0 Å². The number of carbonyl (C=O) groups is 1. The van der Waals surface area contributed by atoms with Crippen LogP contribution in [0.3, 0.4) is 0 Å². The van der Waals surface area contributed by atoms with Crippen molar-refractivity contribution in [1.82, 2.24) is 4.72 Å². The van der Waals surface area contributed by atoms with Crippen LogP contribution >= 0.6 is 0 Å². The van der Waals surface area contributed by atoms with Crippen molar-refractivity contribution in [2.75, 3.05) is 11.4 Å². The minimum absolute atomic E-state index is 0.0825. The average Bonchev–Trinajstić information content (AvgIpc) is 3.36. The number of rotatable bonds is 5. The summed E-state index contributed by atoms with van der Waals surface area (Å²) in [5.41, 5.74) is 2.22. The lowest BCUT2D eigenvalue weighted by atomic mass is 10.1. The molecule has 7 heteroatoms. The highest BCUT2D eigenvalue weighted by Crippen LogP contribution is 2.31. The number of amides is 1. The fourth-order valence-corrected chi connectivity index (χ4v) is 4.20. The molecule has 0 unspecified atom stereocenters. The van der Waals surface area contributed by atoms with E-state index < -0.39 is 10.0 Å². The first kappa shape index (κ1) is 17.5. The Morgan fingerprint density at radius 2 is 1.89 bits per heavy atom. The molecule has 4 rings (SSSR count). The molecule has 2 heterocycles. The van der Waals surface area contributed by atoms with Gasteiger partial charge in [-0.15, -0.1) is 0 Å². The van der Waals surface area contributed by atoms with Crippen LogP contribution in [0.25, 0.3) is 0 Å². The molecule has 1 N–H and O–H groups in total. The second-order valence-electron chi connectivity index (χ2n) is 6.27. The lowest BCUT2D eigenvalue weighted by molar-refractivity contribution is 0.0989. The van der Waals surface area contributed by atoms with E-state index in [1.165, 1.54) is 12.3 Å². The number of fused-ring (bicyclic) bond motifs is 1. The third kappa shape index (κ3) is 3.51. The normalized spacial score (nSPS) is 13.6. The first-order valence-electron chi connectivity index (χ1n) is 8.56. The molecule has 3 aromatic rings. The van der Waals surface area contributed by atoms with Gasteiger partial charge in [-0.3, -0.25) is 4.79 Å². The number of anilines is 1. The summed E-state index contributed by atoms with van der Waals surface area (Å²) in [5, 5.41) is 0. The summed E-state index contributed by atoms with van der Waals surface area (Å²) < 4.78 is 32.7. The van der Waals surface area contributed by atoms with E-state index in [9.17, 15) is 13.2 Å². The van der Waals surface area contributed by atoms with Gasteiger partial charge in [0.25, 0.3) is 5.91 Å². The Balaban J connectivity index is 1.55. The van der Waals surface area contributed by atoms with Crippen molar-refractivity contribution >= 4 is 21.6 Å². The fraction of sp³-hybridized carbons (Fsp3) is 0.150. The smallest absolute Gasteiger partial charge is 0.258 e. The molecule has 6 nitrogen and oxygen atoms in total. The molecule has 1 aliphatic rings. The zero-order valence-corrected chi connectivity index (χ0v) is 15.3. The number of nitrogens with one attached hydrogen (secondary N) is 1. The summed E-state index contributed by atoms with van der Waals surface area (Å²) in [4.78, 5) is 14.6. The van der Waals surface area contributed by atoms with Gasteiger partial charge >= 0.3 is 0 Å². The molecule has 1 aliphatic heterocycles. The molecule has 0 bridgehead atoms. The molecule has 0 radical (unpaired) electrons. The van der Waals surface area contributed by atoms with Crippen molar-refractivity contribution in [3.63, 3.8) is 0 Å². The summed E-state index contributed by atoms with van der Waals surface area (Å²) in [6, 6.07) is 17.3. The average molecular weight is 382 g/mol. The van der Waals surface area contributed by atoms with Crippen LogP contribution in [0.5, 0.6) is 0 Å². The standard InChI is InChI=1S/C20H18N2O4S/c23-20(15-5-2-1-3-6-15)22-11-10-16-13-18(8-9-19(16)22)27(24,25)21-14-17-7-4-12-26-17/h1-9,12-13,21H,10-11,14H2. The molecular weight excluding hydrogens is 364 g/mol. The molecule has 1 amide bonds. The van der Waals surface area contributed by atoms with Gasteiger partial charge in [-0.05, 0) is 54.4 Å². The Morgan fingerprint density at radius 3 is 2.63 bits per heavy atom. The monoisotopic (exact) mass is 382 g/mol. The predicted octanol–water partition coefficient (Wildman–Crippen LogP) is 2.96. The van der Waals surface area contributed by atoms with Gasteiger partial charge in [-0.1, -0.05) is 18.2 Å². The molecule has 0 saturated carbocycles. The molecule has 0 aliphatic carbocycles. The van der Waals surface area contributed by atoms with Crippen LogP contribution < -0.4 is 9.62 Å². The van der Waals surface area contributed by atoms with Crippen molar-refractivity contribution in [1.29, 1.82) is 0 Å². The second kappa shape index (κ2) is 7.02. The molecular formula is C20H18N2O4S. The van der Waals surface area contributed by atoms with Crippen molar-refractivity contribution in [3.05, 3.63) is 83.8 Å². The summed E-state index contributed by atoms with van der Waals surface area (Å²) in [5.74, 6) is 0.459. The predicted molar refractivity (Wildman–Crippen MR) is 101 cm³/mol. The van der Waals surface area contributed by atoms with E-state index in [0.29, 0.717) is 24.3 Å².